The second kappa shape index (κ2) is 12.8. The van der Waals surface area contributed by atoms with E-state index in [4.69, 9.17) is 23.7 Å². The molecule has 0 saturated carbocycles. The zero-order chi connectivity index (χ0) is 34.4. The zero-order valence-corrected chi connectivity index (χ0v) is 28.6. The predicted octanol–water partition coefficient (Wildman–Crippen LogP) is 5.07. The number of ether oxygens (including phenoxy) is 5. The maximum atomic E-state index is 14.4. The summed E-state index contributed by atoms with van der Waals surface area (Å²) in [4.78, 5) is 69.3. The first kappa shape index (κ1) is 34.1. The number of nitrogens with zero attached hydrogens (tertiary/aromatic N) is 1. The largest absolute Gasteiger partial charge is 0.497 e. The van der Waals surface area contributed by atoms with Crippen molar-refractivity contribution in [2.45, 2.75) is 23.5 Å². The number of carbonyl (C=O) groups excluding carboxylic acids is 5. The smallest absolute Gasteiger partial charge is 0.345 e. The number of methoxy groups -OCH3 is 5. The highest BCUT2D eigenvalue weighted by Crippen LogP contribution is 2.71. The van der Waals surface area contributed by atoms with Crippen molar-refractivity contribution in [2.75, 3.05) is 40.4 Å². The highest BCUT2D eigenvalue weighted by atomic mass is 32.2. The molecule has 246 valence electrons. The van der Waals surface area contributed by atoms with Crippen LogP contribution in [0.5, 0.6) is 5.75 Å². The summed E-state index contributed by atoms with van der Waals surface area (Å²) in [6, 6.07) is 10.2. The summed E-state index contributed by atoms with van der Waals surface area (Å²) in [7, 11) is 6.00. The lowest BCUT2D eigenvalue weighted by Gasteiger charge is -2.50. The third-order valence-electron chi connectivity index (χ3n) is 7.62. The summed E-state index contributed by atoms with van der Waals surface area (Å²) >= 11 is 2.51. The molecule has 1 amide bonds. The minimum absolute atomic E-state index is 0.0608. The van der Waals surface area contributed by atoms with Gasteiger partial charge in [0.25, 0.3) is 5.91 Å². The SMILES string of the molecule is COC(=O)C1=C(C(=O)OC)SC2(S1)C(C(=O)OC)=C(C(=O)OC)SC1=C2c2cc(OC)ccc2N(C(=O)c2cccc(F)c2)C1(C)C. The highest BCUT2D eigenvalue weighted by molar-refractivity contribution is 8.26. The van der Waals surface area contributed by atoms with Gasteiger partial charge in [-0.2, -0.15) is 0 Å². The van der Waals surface area contributed by atoms with Crippen LogP contribution in [0.15, 0.2) is 67.7 Å². The van der Waals surface area contributed by atoms with Crippen LogP contribution in [0.1, 0.15) is 29.8 Å². The fourth-order valence-corrected chi connectivity index (χ4v) is 10.6. The van der Waals surface area contributed by atoms with E-state index in [-0.39, 0.29) is 25.9 Å². The Morgan fingerprint density at radius 2 is 1.32 bits per heavy atom. The number of benzene rings is 2. The van der Waals surface area contributed by atoms with Gasteiger partial charge in [-0.15, -0.1) is 0 Å². The Hall–Kier alpha value is -4.21. The molecule has 0 atom stereocenters. The Balaban J connectivity index is 1.91. The van der Waals surface area contributed by atoms with Gasteiger partial charge in [0.05, 0.1) is 52.3 Å². The lowest BCUT2D eigenvalue weighted by Crippen LogP contribution is -2.53. The molecule has 0 N–H and O–H groups in total. The second-order valence-corrected chi connectivity index (χ2v) is 14.3. The third kappa shape index (κ3) is 5.39. The van der Waals surface area contributed by atoms with Crippen LogP contribution >= 0.6 is 35.3 Å². The number of thioether (sulfide) groups is 3. The second-order valence-electron chi connectivity index (χ2n) is 10.5. The lowest BCUT2D eigenvalue weighted by molar-refractivity contribution is -0.138. The van der Waals surface area contributed by atoms with E-state index in [2.05, 4.69) is 0 Å². The van der Waals surface area contributed by atoms with E-state index in [1.54, 1.807) is 32.0 Å². The fourth-order valence-electron chi connectivity index (χ4n) is 5.54. The molecule has 15 heteroatoms. The lowest BCUT2D eigenvalue weighted by atomic mass is 9.83. The third-order valence-corrected chi connectivity index (χ3v) is 12.3. The molecule has 3 aliphatic heterocycles. The van der Waals surface area contributed by atoms with Gasteiger partial charge in [-0.05, 0) is 50.2 Å². The standard InChI is InChI=1S/C32H28FNO10S3/c1-31(2)25-20(18-14-17(40-3)11-12-19(18)34(31)26(35)15-9-8-10-16(33)13-15)32(21(27(36)41-4)22(45-25)28(37)42-5)46-23(29(38)43-6)24(47-32)30(39)44-7/h8-14H,1-7H3. The molecule has 0 aliphatic carbocycles. The molecule has 0 radical (unpaired) electrons. The van der Waals surface area contributed by atoms with Crippen LogP contribution in [-0.2, 0) is 38.1 Å². The van der Waals surface area contributed by atoms with Gasteiger partial charge in [-0.25, -0.2) is 23.6 Å². The molecule has 5 rings (SSSR count). The van der Waals surface area contributed by atoms with Crippen molar-refractivity contribution in [3.63, 3.8) is 0 Å². The Bertz CT molecular complexity index is 1820. The van der Waals surface area contributed by atoms with Gasteiger partial charge in [-0.3, -0.25) is 9.69 Å². The van der Waals surface area contributed by atoms with Crippen molar-refractivity contribution >= 4 is 76.3 Å². The summed E-state index contributed by atoms with van der Waals surface area (Å²) in [6.07, 6.45) is 0. The number of halogens is 1. The quantitative estimate of drug-likeness (QED) is 0.294. The van der Waals surface area contributed by atoms with Crippen LogP contribution < -0.4 is 9.64 Å². The van der Waals surface area contributed by atoms with Crippen LogP contribution in [0, 0.1) is 5.82 Å². The van der Waals surface area contributed by atoms with Gasteiger partial charge in [0, 0.05) is 21.6 Å². The van der Waals surface area contributed by atoms with Crippen molar-refractivity contribution in [3.8, 4) is 5.75 Å². The zero-order valence-electron chi connectivity index (χ0n) is 26.2. The minimum Gasteiger partial charge on any atom is -0.497 e. The van der Waals surface area contributed by atoms with Crippen LogP contribution in [0.25, 0.3) is 5.57 Å². The van der Waals surface area contributed by atoms with Gasteiger partial charge in [0.1, 0.15) is 30.4 Å². The Kier molecular flexibility index (Phi) is 9.27. The van der Waals surface area contributed by atoms with E-state index in [0.29, 0.717) is 27.5 Å². The van der Waals surface area contributed by atoms with Gasteiger partial charge in [0.15, 0.2) is 0 Å². The Labute approximate surface area is 281 Å². The van der Waals surface area contributed by atoms with Gasteiger partial charge in [0.2, 0.25) is 0 Å². The fraction of sp³-hybridized carbons (Fsp3) is 0.281. The van der Waals surface area contributed by atoms with Crippen LogP contribution in [0.4, 0.5) is 10.1 Å². The van der Waals surface area contributed by atoms with Crippen molar-refractivity contribution in [3.05, 3.63) is 84.6 Å². The van der Waals surface area contributed by atoms with Gasteiger partial charge < -0.3 is 23.7 Å². The molecule has 0 bridgehead atoms. The monoisotopic (exact) mass is 701 g/mol. The van der Waals surface area contributed by atoms with E-state index in [9.17, 15) is 28.4 Å². The molecule has 0 aromatic heterocycles. The van der Waals surface area contributed by atoms with Crippen LogP contribution in [0.2, 0.25) is 0 Å². The number of carbonyl (C=O) groups is 5. The van der Waals surface area contributed by atoms with Crippen molar-refractivity contribution in [1.29, 1.82) is 0 Å². The number of fused-ring (bicyclic) bond motifs is 3. The van der Waals surface area contributed by atoms with Crippen LogP contribution in [-0.4, -0.2) is 75.0 Å². The number of rotatable bonds is 6. The Morgan fingerprint density at radius 3 is 1.85 bits per heavy atom. The maximum Gasteiger partial charge on any atom is 0.345 e. The molecule has 3 aliphatic rings. The Morgan fingerprint density at radius 1 is 0.745 bits per heavy atom. The number of hydrogen-bond acceptors (Lipinski definition) is 13. The molecule has 47 heavy (non-hydrogen) atoms. The van der Waals surface area contributed by atoms with E-state index < -0.39 is 45.2 Å². The number of esters is 4. The normalized spacial score (nSPS) is 17.6. The van der Waals surface area contributed by atoms with E-state index in [0.717, 1.165) is 69.8 Å². The maximum absolute atomic E-state index is 14.4. The summed E-state index contributed by atoms with van der Waals surface area (Å²) in [5, 5.41) is 0. The predicted molar refractivity (Wildman–Crippen MR) is 175 cm³/mol. The minimum atomic E-state index is -1.75. The summed E-state index contributed by atoms with van der Waals surface area (Å²) in [5.74, 6) is -4.39. The molecule has 2 aromatic carbocycles. The molecule has 0 unspecified atom stereocenters. The molecular formula is C32H28FNO10S3. The molecule has 0 saturated heterocycles. The molecule has 11 nitrogen and oxygen atoms in total. The van der Waals surface area contributed by atoms with Gasteiger partial charge in [-0.1, -0.05) is 41.4 Å². The van der Waals surface area contributed by atoms with Crippen molar-refractivity contribution in [1.82, 2.24) is 0 Å². The number of amides is 1. The van der Waals surface area contributed by atoms with E-state index in [1.807, 2.05) is 0 Å². The molecule has 2 aromatic rings. The van der Waals surface area contributed by atoms with Crippen molar-refractivity contribution < 1.29 is 52.0 Å². The highest BCUT2D eigenvalue weighted by Gasteiger charge is 2.62. The van der Waals surface area contributed by atoms with Gasteiger partial charge >= 0.3 is 23.9 Å². The van der Waals surface area contributed by atoms with Crippen molar-refractivity contribution in [2.24, 2.45) is 0 Å². The summed E-state index contributed by atoms with van der Waals surface area (Å²) in [5.41, 5.74) is -0.336. The molecule has 0 fully saturated rings. The topological polar surface area (TPSA) is 135 Å². The molecular weight excluding hydrogens is 674 g/mol. The summed E-state index contributed by atoms with van der Waals surface area (Å²) in [6.45, 7) is 3.46. The first-order chi connectivity index (χ1) is 22.3. The first-order valence-electron chi connectivity index (χ1n) is 13.7. The average Bonchev–Trinajstić information content (AvgIpc) is 3.46. The first-order valence-corrected chi connectivity index (χ1v) is 16.2. The number of hydrogen-bond donors (Lipinski definition) is 0. The van der Waals surface area contributed by atoms with Crippen LogP contribution in [0.3, 0.4) is 0 Å². The molecule has 1 spiro atoms. The van der Waals surface area contributed by atoms with E-state index >= 15 is 0 Å². The number of anilines is 1. The molecule has 3 heterocycles. The summed E-state index contributed by atoms with van der Waals surface area (Å²) < 4.78 is 38.5. The average molecular weight is 702 g/mol. The van der Waals surface area contributed by atoms with E-state index in [1.165, 1.54) is 30.2 Å².